The summed E-state index contributed by atoms with van der Waals surface area (Å²) < 4.78 is 0. The van der Waals surface area contributed by atoms with E-state index in [4.69, 9.17) is 0 Å². The van der Waals surface area contributed by atoms with Crippen LogP contribution in [0.4, 0.5) is 0 Å². The molecule has 4 aliphatic rings. The minimum atomic E-state index is -0.216. The van der Waals surface area contributed by atoms with Crippen LogP contribution in [0.1, 0.15) is 70.8 Å². The molecule has 3 heteroatoms. The van der Waals surface area contributed by atoms with Crippen molar-refractivity contribution in [2.45, 2.75) is 77.4 Å². The van der Waals surface area contributed by atoms with Gasteiger partial charge in [-0.3, -0.25) is 4.98 Å². The Kier molecular flexibility index (Phi) is 4.48. The van der Waals surface area contributed by atoms with Crippen LogP contribution in [0.2, 0.25) is 0 Å². The molecule has 0 spiro atoms. The zero-order chi connectivity index (χ0) is 19.5. The van der Waals surface area contributed by atoms with Gasteiger partial charge in [0, 0.05) is 12.4 Å². The number of fused-ring (bicyclic) bond motifs is 5. The first-order valence-corrected chi connectivity index (χ1v) is 11.5. The zero-order valence-electron chi connectivity index (χ0n) is 17.3. The van der Waals surface area contributed by atoms with Crippen LogP contribution in [-0.2, 0) is 0 Å². The molecule has 0 bridgehead atoms. The molecule has 0 aliphatic heterocycles. The first-order valence-electron chi connectivity index (χ1n) is 11.5. The average molecular weight is 382 g/mol. The van der Waals surface area contributed by atoms with Gasteiger partial charge in [-0.05, 0) is 103 Å². The molecule has 5 rings (SSSR count). The Bertz CT molecular complexity index is 761. The second-order valence-electron chi connectivity index (χ2n) is 10.4. The van der Waals surface area contributed by atoms with Crippen LogP contribution >= 0.6 is 0 Å². The molecule has 4 aliphatic carbocycles. The third kappa shape index (κ3) is 2.51. The standard InChI is InChI=1S/C25H35NO2/c1-3-25-11-9-20-23(21(25)7-6-19(25)16-5-4-12-26-15-16)22(28)14-17-13-18(27)8-10-24(17,20)2/h4-6,12,15,17-18,20-23,27-28H,3,7-11,13-14H2,1-2H3. The fourth-order valence-electron chi connectivity index (χ4n) is 8.17. The molecule has 1 heterocycles. The van der Waals surface area contributed by atoms with Crippen molar-refractivity contribution in [3.05, 3.63) is 36.2 Å². The highest BCUT2D eigenvalue weighted by atomic mass is 16.3. The molecule has 3 saturated carbocycles. The van der Waals surface area contributed by atoms with E-state index in [0.717, 1.165) is 38.5 Å². The molecule has 1 aromatic heterocycles. The average Bonchev–Trinajstić information content (AvgIpc) is 3.10. The summed E-state index contributed by atoms with van der Waals surface area (Å²) in [5, 5.41) is 21.6. The fraction of sp³-hybridized carbons (Fsp3) is 0.720. The van der Waals surface area contributed by atoms with E-state index >= 15 is 0 Å². The third-order valence-electron chi connectivity index (χ3n) is 9.58. The van der Waals surface area contributed by atoms with Crippen LogP contribution in [0.15, 0.2) is 30.6 Å². The second-order valence-corrected chi connectivity index (χ2v) is 10.4. The number of nitrogens with zero attached hydrogens (tertiary/aromatic N) is 1. The maximum Gasteiger partial charge on any atom is 0.0577 e. The summed E-state index contributed by atoms with van der Waals surface area (Å²) in [5.41, 5.74) is 3.26. The Labute approximate surface area is 169 Å². The van der Waals surface area contributed by atoms with Crippen molar-refractivity contribution in [2.75, 3.05) is 0 Å². The topological polar surface area (TPSA) is 53.4 Å². The Balaban J connectivity index is 1.50. The third-order valence-corrected chi connectivity index (χ3v) is 9.58. The highest BCUT2D eigenvalue weighted by molar-refractivity contribution is 5.72. The van der Waals surface area contributed by atoms with Gasteiger partial charge >= 0.3 is 0 Å². The predicted molar refractivity (Wildman–Crippen MR) is 111 cm³/mol. The van der Waals surface area contributed by atoms with Crippen LogP contribution in [0.5, 0.6) is 0 Å². The van der Waals surface area contributed by atoms with Crippen LogP contribution in [0.3, 0.4) is 0 Å². The summed E-state index contributed by atoms with van der Waals surface area (Å²) in [6.07, 6.45) is 14.5. The lowest BCUT2D eigenvalue weighted by Gasteiger charge is -2.62. The minimum absolute atomic E-state index is 0.162. The predicted octanol–water partition coefficient (Wildman–Crippen LogP) is 4.84. The summed E-state index contributed by atoms with van der Waals surface area (Å²) in [7, 11) is 0. The van der Waals surface area contributed by atoms with E-state index in [2.05, 4.69) is 31.0 Å². The SMILES string of the molecule is CCC12CCC3C(C(O)CC4CC(O)CCC43C)C1CC=C2c1cccnc1. The first kappa shape index (κ1) is 18.8. The highest BCUT2D eigenvalue weighted by Crippen LogP contribution is 2.68. The van der Waals surface area contributed by atoms with Gasteiger partial charge in [-0.1, -0.05) is 26.0 Å². The number of hydrogen-bond donors (Lipinski definition) is 2. The fourth-order valence-corrected chi connectivity index (χ4v) is 8.17. The van der Waals surface area contributed by atoms with Gasteiger partial charge < -0.3 is 10.2 Å². The summed E-state index contributed by atoms with van der Waals surface area (Å²) >= 11 is 0. The van der Waals surface area contributed by atoms with Crippen LogP contribution in [0.25, 0.3) is 5.57 Å². The number of rotatable bonds is 2. The van der Waals surface area contributed by atoms with Crippen LogP contribution < -0.4 is 0 Å². The van der Waals surface area contributed by atoms with E-state index in [1.54, 1.807) is 0 Å². The van der Waals surface area contributed by atoms with E-state index < -0.39 is 0 Å². The maximum atomic E-state index is 11.3. The normalized spacial score (nSPS) is 47.6. The highest BCUT2D eigenvalue weighted by Gasteiger charge is 2.61. The number of aliphatic hydroxyl groups is 2. The molecule has 8 atom stereocenters. The van der Waals surface area contributed by atoms with E-state index in [1.165, 1.54) is 24.0 Å². The molecule has 0 radical (unpaired) electrons. The van der Waals surface area contributed by atoms with Gasteiger partial charge in [0.2, 0.25) is 0 Å². The van der Waals surface area contributed by atoms with Gasteiger partial charge in [-0.25, -0.2) is 0 Å². The van der Waals surface area contributed by atoms with E-state index in [1.807, 2.05) is 18.5 Å². The molecule has 3 fully saturated rings. The van der Waals surface area contributed by atoms with E-state index in [9.17, 15) is 10.2 Å². The van der Waals surface area contributed by atoms with Gasteiger partial charge in [0.15, 0.2) is 0 Å². The lowest BCUT2D eigenvalue weighted by atomic mass is 9.43. The van der Waals surface area contributed by atoms with Crippen molar-refractivity contribution in [1.82, 2.24) is 4.98 Å². The largest absolute Gasteiger partial charge is 0.393 e. The smallest absolute Gasteiger partial charge is 0.0577 e. The van der Waals surface area contributed by atoms with Crippen molar-refractivity contribution in [2.24, 2.45) is 34.5 Å². The summed E-state index contributed by atoms with van der Waals surface area (Å²) in [5.74, 6) is 2.02. The first-order chi connectivity index (χ1) is 13.5. The number of aliphatic hydroxyl groups excluding tert-OH is 2. The van der Waals surface area contributed by atoms with Crippen molar-refractivity contribution < 1.29 is 10.2 Å². The van der Waals surface area contributed by atoms with Gasteiger partial charge in [-0.15, -0.1) is 0 Å². The maximum absolute atomic E-state index is 11.3. The molecule has 28 heavy (non-hydrogen) atoms. The molecule has 0 amide bonds. The van der Waals surface area contributed by atoms with Crippen molar-refractivity contribution >= 4 is 5.57 Å². The van der Waals surface area contributed by atoms with E-state index in [-0.39, 0.29) is 17.6 Å². The summed E-state index contributed by atoms with van der Waals surface area (Å²) in [6.45, 7) is 4.83. The van der Waals surface area contributed by atoms with Crippen molar-refractivity contribution in [3.63, 3.8) is 0 Å². The molecule has 1 aromatic rings. The van der Waals surface area contributed by atoms with Gasteiger partial charge in [0.25, 0.3) is 0 Å². The number of aromatic nitrogens is 1. The molecular weight excluding hydrogens is 346 g/mol. The molecule has 152 valence electrons. The molecular formula is C25H35NO2. The Morgan fingerprint density at radius 2 is 2.00 bits per heavy atom. The van der Waals surface area contributed by atoms with Gasteiger partial charge in [0.1, 0.15) is 0 Å². The van der Waals surface area contributed by atoms with Gasteiger partial charge in [0.05, 0.1) is 12.2 Å². The second kappa shape index (κ2) is 6.67. The molecule has 0 saturated heterocycles. The Hall–Kier alpha value is -1.19. The lowest BCUT2D eigenvalue weighted by molar-refractivity contribution is -0.166. The van der Waals surface area contributed by atoms with Gasteiger partial charge in [-0.2, -0.15) is 0 Å². The van der Waals surface area contributed by atoms with Crippen LogP contribution in [0, 0.1) is 34.5 Å². The Morgan fingerprint density at radius 1 is 1.14 bits per heavy atom. The molecule has 3 nitrogen and oxygen atoms in total. The minimum Gasteiger partial charge on any atom is -0.393 e. The Morgan fingerprint density at radius 3 is 2.75 bits per heavy atom. The molecule has 8 unspecified atom stereocenters. The zero-order valence-corrected chi connectivity index (χ0v) is 17.3. The quantitative estimate of drug-likeness (QED) is 0.771. The summed E-state index contributed by atoms with van der Waals surface area (Å²) in [4.78, 5) is 4.39. The van der Waals surface area contributed by atoms with Crippen molar-refractivity contribution in [1.29, 1.82) is 0 Å². The lowest BCUT2D eigenvalue weighted by Crippen LogP contribution is -2.58. The summed E-state index contributed by atoms with van der Waals surface area (Å²) in [6, 6.07) is 4.26. The number of hydrogen-bond acceptors (Lipinski definition) is 3. The monoisotopic (exact) mass is 381 g/mol. The van der Waals surface area contributed by atoms with Crippen LogP contribution in [-0.4, -0.2) is 27.4 Å². The molecule has 0 aromatic carbocycles. The van der Waals surface area contributed by atoms with E-state index in [0.29, 0.717) is 29.1 Å². The van der Waals surface area contributed by atoms with Crippen molar-refractivity contribution in [3.8, 4) is 0 Å². The number of pyridine rings is 1. The number of allylic oxidation sites excluding steroid dienone is 2. The molecule has 2 N–H and O–H groups in total.